The second-order valence-electron chi connectivity index (χ2n) is 6.79. The fourth-order valence-electron chi connectivity index (χ4n) is 3.20. The van der Waals surface area contributed by atoms with Gasteiger partial charge in [0.25, 0.3) is 11.8 Å². The number of nitrogens with one attached hydrogen (secondary N) is 2. The van der Waals surface area contributed by atoms with Gasteiger partial charge >= 0.3 is 0 Å². The molecule has 156 valence electrons. The fourth-order valence-corrected chi connectivity index (χ4v) is 4.50. The molecule has 0 spiro atoms. The van der Waals surface area contributed by atoms with Crippen molar-refractivity contribution in [2.45, 2.75) is 49.6 Å². The van der Waals surface area contributed by atoms with Crippen LogP contribution in [0.4, 0.5) is 5.69 Å². The number of benzene rings is 1. The highest BCUT2D eigenvalue weighted by Crippen LogP contribution is 2.27. The van der Waals surface area contributed by atoms with Crippen molar-refractivity contribution in [1.82, 2.24) is 14.7 Å². The van der Waals surface area contributed by atoms with Gasteiger partial charge < -0.3 is 14.8 Å². The van der Waals surface area contributed by atoms with E-state index in [4.69, 9.17) is 9.47 Å². The first kappa shape index (κ1) is 21.0. The van der Waals surface area contributed by atoms with Crippen LogP contribution in [-0.2, 0) is 14.8 Å². The van der Waals surface area contributed by atoms with Gasteiger partial charge in [-0.2, -0.15) is 0 Å². The normalized spacial score (nSPS) is 19.4. The van der Waals surface area contributed by atoms with E-state index in [1.807, 2.05) is 0 Å². The SMILES string of the molecule is COc1nccnc1OC1CCC(NS(=O)(=O)c2ccc(NC(C)=O)cc2)CC1. The van der Waals surface area contributed by atoms with E-state index in [0.717, 1.165) is 0 Å². The van der Waals surface area contributed by atoms with Gasteiger partial charge in [0, 0.05) is 31.0 Å². The van der Waals surface area contributed by atoms with Gasteiger partial charge in [0.15, 0.2) is 0 Å². The van der Waals surface area contributed by atoms with Gasteiger partial charge in [-0.05, 0) is 49.9 Å². The summed E-state index contributed by atoms with van der Waals surface area (Å²) in [5.74, 6) is 0.466. The predicted octanol–water partition coefficient (Wildman–Crippen LogP) is 2.11. The average Bonchev–Trinajstić information content (AvgIpc) is 2.69. The summed E-state index contributed by atoms with van der Waals surface area (Å²) in [6, 6.07) is 5.91. The Balaban J connectivity index is 1.55. The molecule has 0 unspecified atom stereocenters. The summed E-state index contributed by atoms with van der Waals surface area (Å²) in [5.41, 5.74) is 0.550. The van der Waals surface area contributed by atoms with Crippen LogP contribution in [0.1, 0.15) is 32.6 Å². The molecule has 10 heteroatoms. The highest BCUT2D eigenvalue weighted by Gasteiger charge is 2.27. The molecule has 29 heavy (non-hydrogen) atoms. The molecular formula is C19H24N4O5S. The first-order valence-corrected chi connectivity index (χ1v) is 10.8. The molecule has 1 aliphatic rings. The second-order valence-corrected chi connectivity index (χ2v) is 8.50. The Morgan fingerprint density at radius 2 is 1.66 bits per heavy atom. The summed E-state index contributed by atoms with van der Waals surface area (Å²) < 4.78 is 39.0. The molecule has 1 amide bonds. The van der Waals surface area contributed by atoms with E-state index >= 15 is 0 Å². The van der Waals surface area contributed by atoms with Crippen molar-refractivity contribution in [1.29, 1.82) is 0 Å². The lowest BCUT2D eigenvalue weighted by molar-refractivity contribution is -0.114. The van der Waals surface area contributed by atoms with Crippen LogP contribution in [0.3, 0.4) is 0 Å². The molecule has 0 radical (unpaired) electrons. The molecule has 0 bridgehead atoms. The average molecular weight is 420 g/mol. The molecule has 1 aromatic carbocycles. The van der Waals surface area contributed by atoms with Crippen LogP contribution in [0.15, 0.2) is 41.6 Å². The topological polar surface area (TPSA) is 120 Å². The molecule has 1 saturated carbocycles. The summed E-state index contributed by atoms with van der Waals surface area (Å²) in [7, 11) is -2.13. The first-order valence-electron chi connectivity index (χ1n) is 9.29. The Hall–Kier alpha value is -2.72. The number of hydrogen-bond acceptors (Lipinski definition) is 7. The molecule has 0 atom stereocenters. The number of amides is 1. The summed E-state index contributed by atoms with van der Waals surface area (Å²) in [5, 5.41) is 2.61. The van der Waals surface area contributed by atoms with Crippen LogP contribution in [0, 0.1) is 0 Å². The Kier molecular flexibility index (Phi) is 6.65. The molecule has 3 rings (SSSR count). The van der Waals surface area contributed by atoms with Crippen LogP contribution in [0.25, 0.3) is 0 Å². The Morgan fingerprint density at radius 1 is 1.03 bits per heavy atom. The van der Waals surface area contributed by atoms with Crippen molar-refractivity contribution >= 4 is 21.6 Å². The molecular weight excluding hydrogens is 396 g/mol. The number of methoxy groups -OCH3 is 1. The fraction of sp³-hybridized carbons (Fsp3) is 0.421. The lowest BCUT2D eigenvalue weighted by Gasteiger charge is -2.29. The minimum atomic E-state index is -3.64. The first-order chi connectivity index (χ1) is 13.9. The Morgan fingerprint density at radius 3 is 2.24 bits per heavy atom. The van der Waals surface area contributed by atoms with E-state index in [9.17, 15) is 13.2 Å². The standard InChI is InChI=1S/C19H24N4O5S/c1-13(24)22-14-5-9-17(10-6-14)29(25,26)23-15-3-7-16(8-4-15)28-19-18(27-2)20-11-12-21-19/h5-6,9-12,15-16,23H,3-4,7-8H2,1-2H3,(H,22,24). The number of carbonyl (C=O) groups is 1. The van der Waals surface area contributed by atoms with E-state index < -0.39 is 10.0 Å². The number of carbonyl (C=O) groups excluding carboxylic acids is 1. The van der Waals surface area contributed by atoms with Crippen LogP contribution in [0.2, 0.25) is 0 Å². The molecule has 2 N–H and O–H groups in total. The molecule has 0 saturated heterocycles. The minimum absolute atomic E-state index is 0.0710. The zero-order chi connectivity index (χ0) is 20.9. The largest absolute Gasteiger partial charge is 0.477 e. The van der Waals surface area contributed by atoms with Gasteiger partial charge in [0.1, 0.15) is 6.10 Å². The number of anilines is 1. The molecule has 0 aliphatic heterocycles. The van der Waals surface area contributed by atoms with E-state index in [2.05, 4.69) is 20.0 Å². The molecule has 1 aromatic heterocycles. The summed E-state index contributed by atoms with van der Waals surface area (Å²) in [6.45, 7) is 1.40. The van der Waals surface area contributed by atoms with Crippen molar-refractivity contribution in [3.63, 3.8) is 0 Å². The zero-order valence-electron chi connectivity index (χ0n) is 16.3. The van der Waals surface area contributed by atoms with Crippen LogP contribution >= 0.6 is 0 Å². The van der Waals surface area contributed by atoms with Crippen LogP contribution in [0.5, 0.6) is 11.8 Å². The summed E-state index contributed by atoms with van der Waals surface area (Å²) in [6.07, 6.45) is 5.67. The zero-order valence-corrected chi connectivity index (χ0v) is 17.1. The van der Waals surface area contributed by atoms with Crippen molar-refractivity contribution < 1.29 is 22.7 Å². The second kappa shape index (κ2) is 9.19. The van der Waals surface area contributed by atoms with Gasteiger partial charge in [-0.15, -0.1) is 0 Å². The third kappa shape index (κ3) is 5.64. The molecule has 2 aromatic rings. The van der Waals surface area contributed by atoms with E-state index in [1.165, 1.54) is 38.6 Å². The maximum absolute atomic E-state index is 12.6. The van der Waals surface area contributed by atoms with Crippen LogP contribution in [-0.4, -0.2) is 43.5 Å². The van der Waals surface area contributed by atoms with Crippen molar-refractivity contribution in [3.8, 4) is 11.8 Å². The lowest BCUT2D eigenvalue weighted by atomic mass is 9.94. The van der Waals surface area contributed by atoms with Gasteiger partial charge in [-0.3, -0.25) is 4.79 Å². The van der Waals surface area contributed by atoms with E-state index in [-0.39, 0.29) is 22.9 Å². The molecule has 1 aliphatic carbocycles. The van der Waals surface area contributed by atoms with Crippen LogP contribution < -0.4 is 19.5 Å². The number of sulfonamides is 1. The monoisotopic (exact) mass is 420 g/mol. The maximum Gasteiger partial charge on any atom is 0.278 e. The van der Waals surface area contributed by atoms with Gasteiger partial charge in [-0.1, -0.05) is 0 Å². The number of hydrogen-bond donors (Lipinski definition) is 2. The maximum atomic E-state index is 12.6. The van der Waals surface area contributed by atoms with Gasteiger partial charge in [-0.25, -0.2) is 23.1 Å². The smallest absolute Gasteiger partial charge is 0.278 e. The highest BCUT2D eigenvalue weighted by molar-refractivity contribution is 7.89. The number of ether oxygens (including phenoxy) is 2. The van der Waals surface area contributed by atoms with Crippen molar-refractivity contribution in [2.75, 3.05) is 12.4 Å². The number of nitrogens with zero attached hydrogens (tertiary/aromatic N) is 2. The van der Waals surface area contributed by atoms with Gasteiger partial charge in [0.05, 0.1) is 12.0 Å². The third-order valence-electron chi connectivity index (χ3n) is 4.59. The minimum Gasteiger partial charge on any atom is -0.477 e. The Bertz CT molecular complexity index is 941. The summed E-state index contributed by atoms with van der Waals surface area (Å²) >= 11 is 0. The Labute approximate surface area is 169 Å². The molecule has 1 fully saturated rings. The lowest BCUT2D eigenvalue weighted by Crippen LogP contribution is -2.39. The molecule has 9 nitrogen and oxygen atoms in total. The quantitative estimate of drug-likeness (QED) is 0.704. The van der Waals surface area contributed by atoms with E-state index in [0.29, 0.717) is 43.1 Å². The van der Waals surface area contributed by atoms with Crippen molar-refractivity contribution in [3.05, 3.63) is 36.7 Å². The number of aromatic nitrogens is 2. The number of rotatable bonds is 7. The van der Waals surface area contributed by atoms with Gasteiger partial charge in [0.2, 0.25) is 15.9 Å². The molecule has 1 heterocycles. The highest BCUT2D eigenvalue weighted by atomic mass is 32.2. The third-order valence-corrected chi connectivity index (χ3v) is 6.12. The summed E-state index contributed by atoms with van der Waals surface area (Å²) in [4.78, 5) is 19.4. The van der Waals surface area contributed by atoms with E-state index in [1.54, 1.807) is 12.1 Å². The van der Waals surface area contributed by atoms with Crippen molar-refractivity contribution in [2.24, 2.45) is 0 Å². The predicted molar refractivity (Wildman–Crippen MR) is 106 cm³/mol.